The van der Waals surface area contributed by atoms with Gasteiger partial charge < -0.3 is 8.98 Å². The third kappa shape index (κ3) is 20.8. The lowest BCUT2D eigenvalue weighted by Gasteiger charge is -2.39. The van der Waals surface area contributed by atoms with E-state index in [4.69, 9.17) is 4.42 Å². The summed E-state index contributed by atoms with van der Waals surface area (Å²) in [7, 11) is 2.12. The molecule has 542 valence electrons. The second-order valence-corrected chi connectivity index (χ2v) is 33.0. The van der Waals surface area contributed by atoms with Crippen LogP contribution in [0.5, 0.6) is 0 Å². The van der Waals surface area contributed by atoms with Gasteiger partial charge in [-0.25, -0.2) is 0 Å². The summed E-state index contributed by atoms with van der Waals surface area (Å²) in [5, 5.41) is 2.82. The highest BCUT2D eigenvalue weighted by Crippen LogP contribution is 2.45. The molecule has 0 amide bonds. The maximum Gasteiger partial charge on any atom is 0.104 e. The van der Waals surface area contributed by atoms with E-state index in [1.165, 1.54) is 202 Å². The molecule has 6 aromatic carbocycles. The molecule has 9 aromatic rings. The monoisotopic (exact) mass is 1360 g/mol. The fourth-order valence-electron chi connectivity index (χ4n) is 14.7. The Bertz CT molecular complexity index is 3900. The number of furan rings is 1. The topological polar surface area (TPSA) is 18.1 Å². The minimum atomic E-state index is 0.774. The van der Waals surface area contributed by atoms with Crippen LogP contribution >= 0.6 is 11.3 Å². The Hall–Kier alpha value is -6.16. The Morgan fingerprint density at radius 3 is 0.949 bits per heavy atom. The predicted molar refractivity (Wildman–Crippen MR) is 445 cm³/mol. The van der Waals surface area contributed by atoms with Crippen LogP contribution in [0, 0.1) is 249 Å². The molecule has 2 nitrogen and oxygen atoms in total. The van der Waals surface area contributed by atoms with Crippen LogP contribution in [-0.2, 0) is 7.05 Å². The van der Waals surface area contributed by atoms with Gasteiger partial charge in [0.05, 0.1) is 0 Å². The van der Waals surface area contributed by atoms with Crippen molar-refractivity contribution < 1.29 is 4.42 Å². The Kier molecular flexibility index (Phi) is 32.0. The summed E-state index contributed by atoms with van der Waals surface area (Å²) in [5.74, 6) is 9.25. The lowest BCUT2D eigenvalue weighted by atomic mass is 9.66. The molecule has 0 aliphatic heterocycles. The number of hydrogen-bond acceptors (Lipinski definition) is 2. The van der Waals surface area contributed by atoms with Crippen LogP contribution in [0.1, 0.15) is 252 Å². The van der Waals surface area contributed by atoms with E-state index in [0.29, 0.717) is 0 Å². The molecule has 2 saturated carbocycles. The molecule has 3 heterocycles. The molecule has 0 saturated heterocycles. The van der Waals surface area contributed by atoms with Crippen LogP contribution in [0.3, 0.4) is 0 Å². The second-order valence-electron chi connectivity index (χ2n) is 31.6. The van der Waals surface area contributed by atoms with E-state index in [2.05, 4.69) is 321 Å². The van der Waals surface area contributed by atoms with E-state index >= 15 is 0 Å². The Morgan fingerprint density at radius 1 is 0.293 bits per heavy atom. The molecule has 2 aliphatic rings. The van der Waals surface area contributed by atoms with Crippen molar-refractivity contribution in [3.63, 3.8) is 0 Å². The molecule has 8 atom stereocenters. The number of benzene rings is 6. The van der Waals surface area contributed by atoms with Crippen molar-refractivity contribution in [1.29, 1.82) is 0 Å². The van der Waals surface area contributed by atoms with Crippen LogP contribution in [0.4, 0.5) is 0 Å². The SMILES string of the molecule is CC1CCC(C)C(C)C1C.Cc1c(C)c(C)n(C)c1C.Cc1cc2ccc(C)c(C)c2c(C)c1C.Cc1ccc(-c2ccc(C)c(C)c2C)c(C)c1C.Cc1ccc(C)c(C)c1C.Cc1ccc(C2CCC(C)C(C)C2C)c(C)c1C.Cc1oc(C)c(C)c1C.Cc1sc(C)c(C)c1C. The summed E-state index contributed by atoms with van der Waals surface area (Å²) < 4.78 is 7.59. The van der Waals surface area contributed by atoms with Crippen LogP contribution < -0.4 is 0 Å². The highest BCUT2D eigenvalue weighted by Gasteiger charge is 2.33. The van der Waals surface area contributed by atoms with E-state index in [1.807, 2.05) is 25.2 Å². The molecule has 2 fully saturated rings. The molecule has 3 heteroatoms. The Morgan fingerprint density at radius 2 is 0.606 bits per heavy atom. The molecule has 8 unspecified atom stereocenters. The quantitative estimate of drug-likeness (QED) is 0.169. The van der Waals surface area contributed by atoms with Gasteiger partial charge in [0.2, 0.25) is 0 Å². The van der Waals surface area contributed by atoms with E-state index in [1.54, 1.807) is 5.56 Å². The van der Waals surface area contributed by atoms with Crippen LogP contribution in [-0.4, -0.2) is 4.57 Å². The largest absolute Gasteiger partial charge is 0.466 e. The molecular weight excluding hydrogens is 1220 g/mol. The van der Waals surface area contributed by atoms with Gasteiger partial charge in [0.15, 0.2) is 0 Å². The first-order valence-corrected chi connectivity index (χ1v) is 38.6. The van der Waals surface area contributed by atoms with Gasteiger partial charge in [-0.05, 0) is 429 Å². The average Bonchev–Trinajstić information content (AvgIpc) is 1.49. The van der Waals surface area contributed by atoms with Gasteiger partial charge >= 0.3 is 0 Å². The van der Waals surface area contributed by atoms with Gasteiger partial charge in [-0.2, -0.15) is 0 Å². The number of aryl methyl sites for hydroxylation is 13. The highest BCUT2D eigenvalue weighted by molar-refractivity contribution is 7.12. The summed E-state index contributed by atoms with van der Waals surface area (Å²) in [4.78, 5) is 2.93. The lowest BCUT2D eigenvalue weighted by molar-refractivity contribution is 0.137. The number of fused-ring (bicyclic) bond motifs is 1. The zero-order valence-electron chi connectivity index (χ0n) is 70.6. The smallest absolute Gasteiger partial charge is 0.104 e. The fraction of sp³-hybridized carbons (Fsp3) is 0.521. The van der Waals surface area contributed by atoms with Gasteiger partial charge in [-0.15, -0.1) is 11.3 Å². The second kappa shape index (κ2) is 37.1. The van der Waals surface area contributed by atoms with Crippen molar-refractivity contribution in [1.82, 2.24) is 4.57 Å². The fourth-order valence-corrected chi connectivity index (χ4v) is 15.8. The molecule has 0 radical (unpaired) electrons. The molecule has 0 bridgehead atoms. The first-order chi connectivity index (χ1) is 45.9. The van der Waals surface area contributed by atoms with Crippen LogP contribution in [0.2, 0.25) is 0 Å². The molecule has 11 rings (SSSR count). The van der Waals surface area contributed by atoms with E-state index in [9.17, 15) is 0 Å². The number of aromatic nitrogens is 1. The van der Waals surface area contributed by atoms with Gasteiger partial charge in [0.25, 0.3) is 0 Å². The third-order valence-electron chi connectivity index (χ3n) is 26.4. The summed E-state index contributed by atoms with van der Waals surface area (Å²) >= 11 is 1.90. The third-order valence-corrected chi connectivity index (χ3v) is 27.6. The summed E-state index contributed by atoms with van der Waals surface area (Å²) in [6.45, 7) is 82.3. The van der Waals surface area contributed by atoms with Gasteiger partial charge in [0.1, 0.15) is 11.5 Å². The molecule has 0 spiro atoms. The summed E-state index contributed by atoms with van der Waals surface area (Å²) in [6, 6.07) is 24.8. The number of hydrogen-bond donors (Lipinski definition) is 0. The minimum Gasteiger partial charge on any atom is -0.466 e. The van der Waals surface area contributed by atoms with Gasteiger partial charge in [-0.3, -0.25) is 0 Å². The number of rotatable bonds is 2. The first kappa shape index (κ1) is 85.3. The Balaban J connectivity index is 0.000000244. The minimum absolute atomic E-state index is 0.774. The van der Waals surface area contributed by atoms with Gasteiger partial charge in [0, 0.05) is 28.2 Å². The van der Waals surface area contributed by atoms with E-state index in [-0.39, 0.29) is 0 Å². The normalized spacial score (nSPS) is 18.4. The maximum absolute atomic E-state index is 5.34. The standard InChI is InChI=1S/C18H28.C18H22.C15H18.C10H20.C10H14.C9H15N.C8H12O.C8H12S/c2*1-11-7-9-17(15(5)13(11)3)18-10-8-12(2)14(4)16(18)6;1-9-6-7-14-8-10(2)11(3)13(5)15(14)12(9)4;2*1-7-5-6-8(2)10(4)9(7)3;1-6-7(2)9(4)10(5)8(6)3;2*1-5-6(2)8(4)9-7(5)3/h7,9,12,14,16,18H,8,10H2,1-6H3;7-10H,1-6H3;6-8H,1-5H3;7-10H,5-6H2,1-4H3;5-6H,1-4H3;1-5H3;2*1-4H3. The number of thiophene rings is 1. The maximum atomic E-state index is 5.34. The zero-order valence-corrected chi connectivity index (χ0v) is 71.4. The first-order valence-electron chi connectivity index (χ1n) is 37.8. The van der Waals surface area contributed by atoms with Crippen LogP contribution in [0.25, 0.3) is 21.9 Å². The van der Waals surface area contributed by atoms with Crippen molar-refractivity contribution in [2.24, 2.45) is 48.5 Å². The number of nitrogens with zero attached hydrogens (tertiary/aromatic N) is 1. The average molecular weight is 1360 g/mol. The van der Waals surface area contributed by atoms with Crippen molar-refractivity contribution in [2.45, 2.75) is 288 Å². The molecule has 0 N–H and O–H groups in total. The van der Waals surface area contributed by atoms with Crippen molar-refractivity contribution in [3.8, 4) is 11.1 Å². The van der Waals surface area contributed by atoms with Crippen molar-refractivity contribution in [3.05, 3.63) is 238 Å². The van der Waals surface area contributed by atoms with Crippen molar-refractivity contribution >= 4 is 22.1 Å². The van der Waals surface area contributed by atoms with Crippen molar-refractivity contribution in [2.75, 3.05) is 0 Å². The van der Waals surface area contributed by atoms with E-state index in [0.717, 1.165) is 58.9 Å². The summed E-state index contributed by atoms with van der Waals surface area (Å²) in [6.07, 6.45) is 5.66. The molecule has 2 aliphatic carbocycles. The van der Waals surface area contributed by atoms with E-state index < -0.39 is 0 Å². The summed E-state index contributed by atoms with van der Waals surface area (Å²) in [5.41, 5.74) is 41.0. The highest BCUT2D eigenvalue weighted by atomic mass is 32.1. The van der Waals surface area contributed by atoms with Gasteiger partial charge in [-0.1, -0.05) is 128 Å². The zero-order chi connectivity index (χ0) is 75.4. The lowest BCUT2D eigenvalue weighted by Crippen LogP contribution is -2.29. The molecular formula is C96H141NOS. The van der Waals surface area contributed by atoms with Crippen LogP contribution in [0.15, 0.2) is 71.1 Å². The predicted octanol–water partition coefficient (Wildman–Crippen LogP) is 29.0. The molecule has 3 aromatic heterocycles. The molecule has 99 heavy (non-hydrogen) atoms. The Labute approximate surface area is 613 Å².